The zero-order chi connectivity index (χ0) is 30.9. The summed E-state index contributed by atoms with van der Waals surface area (Å²) >= 11 is 0. The molecule has 0 saturated carbocycles. The number of aryl methyl sites for hydroxylation is 1. The lowest BCUT2D eigenvalue weighted by Gasteiger charge is -2.28. The summed E-state index contributed by atoms with van der Waals surface area (Å²) in [6.07, 6.45) is 1.39. The molecule has 43 heavy (non-hydrogen) atoms. The fraction of sp³-hybridized carbons (Fsp3) is 0.267. The molecule has 13 heteroatoms. The van der Waals surface area contributed by atoms with Gasteiger partial charge in [0.25, 0.3) is 11.1 Å². The van der Waals surface area contributed by atoms with Gasteiger partial charge < -0.3 is 20.1 Å². The maximum atomic E-state index is 14.6. The Morgan fingerprint density at radius 1 is 1.05 bits per heavy atom. The highest BCUT2D eigenvalue weighted by molar-refractivity contribution is 5.81. The van der Waals surface area contributed by atoms with Gasteiger partial charge >= 0.3 is 0 Å². The molecule has 0 bridgehead atoms. The molecule has 3 heterocycles. The number of fused-ring (bicyclic) bond motifs is 1. The lowest BCUT2D eigenvalue weighted by molar-refractivity contribution is 0.0715. The van der Waals surface area contributed by atoms with Crippen LogP contribution in [0.3, 0.4) is 0 Å². The first-order valence-electron chi connectivity index (χ1n) is 13.4. The third-order valence-electron chi connectivity index (χ3n) is 6.62. The Bertz CT molecular complexity index is 1920. The third kappa shape index (κ3) is 6.12. The van der Waals surface area contributed by atoms with E-state index in [-0.39, 0.29) is 16.8 Å². The number of hydrogen-bond acceptors (Lipinski definition) is 10. The molecule has 0 aliphatic rings. The number of likely N-dealkylation sites (N-methyl/N-ethyl adjacent to an activating group) is 1. The fourth-order valence-electron chi connectivity index (χ4n) is 4.99. The number of halogens is 1. The standard InChI is InChI=1S/C30H31FN8O4/c1-30(2,17-37(3)4)43-26-13-12-25(34-35-26)33-23-14-22(36-38(5)28(23)41)19-9-7-11-24(20(19)16-40)39-29(42)27-18(15-32-39)8-6-10-21(27)31/h6-15,40H,16-17H2,1-5H3,(H,33,34). The van der Waals surface area contributed by atoms with Crippen LogP contribution in [-0.4, -0.2) is 66.0 Å². The van der Waals surface area contributed by atoms with E-state index >= 15 is 0 Å². The molecule has 0 radical (unpaired) electrons. The van der Waals surface area contributed by atoms with E-state index in [2.05, 4.69) is 25.7 Å². The molecule has 0 unspecified atom stereocenters. The van der Waals surface area contributed by atoms with Crippen molar-refractivity contribution in [2.45, 2.75) is 26.1 Å². The lowest BCUT2D eigenvalue weighted by atomic mass is 10.0. The smallest absolute Gasteiger partial charge is 0.290 e. The first kappa shape index (κ1) is 29.5. The number of nitrogens with zero attached hydrogens (tertiary/aromatic N) is 7. The Kier molecular flexibility index (Phi) is 8.02. The Morgan fingerprint density at radius 2 is 1.81 bits per heavy atom. The maximum absolute atomic E-state index is 14.6. The van der Waals surface area contributed by atoms with Gasteiger partial charge in [-0.1, -0.05) is 24.3 Å². The fourth-order valence-corrected chi connectivity index (χ4v) is 4.99. The number of aromatic nitrogens is 6. The van der Waals surface area contributed by atoms with Crippen molar-refractivity contribution in [3.05, 3.63) is 92.9 Å². The molecule has 222 valence electrons. The van der Waals surface area contributed by atoms with Crippen LogP contribution in [0, 0.1) is 5.82 Å². The van der Waals surface area contributed by atoms with Crippen molar-refractivity contribution < 1.29 is 14.2 Å². The largest absolute Gasteiger partial charge is 0.469 e. The van der Waals surface area contributed by atoms with Crippen molar-refractivity contribution in [1.82, 2.24) is 34.7 Å². The van der Waals surface area contributed by atoms with Crippen LogP contribution < -0.4 is 21.2 Å². The summed E-state index contributed by atoms with van der Waals surface area (Å²) in [6, 6.07) is 14.1. The van der Waals surface area contributed by atoms with Crippen LogP contribution >= 0.6 is 0 Å². The van der Waals surface area contributed by atoms with Gasteiger partial charge in [-0.25, -0.2) is 9.07 Å². The van der Waals surface area contributed by atoms with E-state index in [1.165, 1.54) is 31.4 Å². The van der Waals surface area contributed by atoms with Gasteiger partial charge in [-0.2, -0.15) is 14.9 Å². The second-order valence-electron chi connectivity index (χ2n) is 10.9. The molecule has 12 nitrogen and oxygen atoms in total. The first-order valence-corrected chi connectivity index (χ1v) is 13.4. The monoisotopic (exact) mass is 586 g/mol. The highest BCUT2D eigenvalue weighted by atomic mass is 19.1. The van der Waals surface area contributed by atoms with Gasteiger partial charge in [0.1, 0.15) is 17.1 Å². The summed E-state index contributed by atoms with van der Waals surface area (Å²) in [5, 5.41) is 30.5. The summed E-state index contributed by atoms with van der Waals surface area (Å²) in [5.41, 5.74) is -0.111. The molecular weight excluding hydrogens is 555 g/mol. The molecule has 0 fully saturated rings. The number of ether oxygens (including phenoxy) is 1. The van der Waals surface area contributed by atoms with Crippen molar-refractivity contribution in [2.24, 2.45) is 7.05 Å². The SMILES string of the molecule is CN(C)CC(C)(C)Oc1ccc(Nc2cc(-c3cccc(-n4ncc5cccc(F)c5c4=O)c3CO)nn(C)c2=O)nn1. The zero-order valence-electron chi connectivity index (χ0n) is 24.4. The lowest BCUT2D eigenvalue weighted by Crippen LogP contribution is -2.39. The quantitative estimate of drug-likeness (QED) is 0.265. The summed E-state index contributed by atoms with van der Waals surface area (Å²) in [7, 11) is 5.40. The predicted octanol–water partition coefficient (Wildman–Crippen LogP) is 3.03. The summed E-state index contributed by atoms with van der Waals surface area (Å²) in [6.45, 7) is 4.08. The van der Waals surface area contributed by atoms with Crippen LogP contribution in [0.5, 0.6) is 5.88 Å². The van der Waals surface area contributed by atoms with Gasteiger partial charge in [0, 0.05) is 36.2 Å². The molecule has 0 aliphatic heterocycles. The van der Waals surface area contributed by atoms with Crippen molar-refractivity contribution in [1.29, 1.82) is 0 Å². The highest BCUT2D eigenvalue weighted by Crippen LogP contribution is 2.28. The number of nitrogens with one attached hydrogen (secondary N) is 1. The van der Waals surface area contributed by atoms with E-state index in [0.29, 0.717) is 40.4 Å². The number of anilines is 2. The maximum Gasteiger partial charge on any atom is 0.290 e. The van der Waals surface area contributed by atoms with Crippen molar-refractivity contribution >= 4 is 22.3 Å². The minimum absolute atomic E-state index is 0.114. The number of aliphatic hydroxyl groups excluding tert-OH is 1. The van der Waals surface area contributed by atoms with Crippen LogP contribution in [0.2, 0.25) is 0 Å². The minimum atomic E-state index is -0.672. The predicted molar refractivity (Wildman–Crippen MR) is 160 cm³/mol. The van der Waals surface area contributed by atoms with Gasteiger partial charge in [0.2, 0.25) is 5.88 Å². The van der Waals surface area contributed by atoms with E-state index in [9.17, 15) is 19.1 Å². The number of benzene rings is 2. The average Bonchev–Trinajstić information content (AvgIpc) is 2.95. The molecule has 0 saturated heterocycles. The van der Waals surface area contributed by atoms with E-state index in [1.807, 2.05) is 32.8 Å². The van der Waals surface area contributed by atoms with Crippen molar-refractivity contribution in [3.63, 3.8) is 0 Å². The van der Waals surface area contributed by atoms with Crippen LogP contribution in [-0.2, 0) is 13.7 Å². The molecule has 0 spiro atoms. The van der Waals surface area contributed by atoms with Crippen LogP contribution in [0.25, 0.3) is 27.7 Å². The summed E-state index contributed by atoms with van der Waals surface area (Å²) in [4.78, 5) is 28.2. The average molecular weight is 587 g/mol. The molecular formula is C30H31FN8O4. The van der Waals surface area contributed by atoms with E-state index in [0.717, 1.165) is 9.36 Å². The van der Waals surface area contributed by atoms with Crippen molar-refractivity contribution in [2.75, 3.05) is 26.0 Å². The van der Waals surface area contributed by atoms with Gasteiger partial charge in [0.05, 0.1) is 29.6 Å². The molecule has 2 N–H and O–H groups in total. The van der Waals surface area contributed by atoms with E-state index in [4.69, 9.17) is 4.74 Å². The Labute approximate surface area is 246 Å². The molecule has 5 rings (SSSR count). The zero-order valence-corrected chi connectivity index (χ0v) is 24.4. The Morgan fingerprint density at radius 3 is 2.51 bits per heavy atom. The summed E-state index contributed by atoms with van der Waals surface area (Å²) in [5.74, 6) is -0.0320. The van der Waals surface area contributed by atoms with Crippen LogP contribution in [0.1, 0.15) is 19.4 Å². The number of aliphatic hydroxyl groups is 1. The minimum Gasteiger partial charge on any atom is -0.469 e. The second kappa shape index (κ2) is 11.7. The molecule has 2 aromatic carbocycles. The molecule has 3 aromatic heterocycles. The summed E-state index contributed by atoms with van der Waals surface area (Å²) < 4.78 is 22.7. The molecule has 0 amide bonds. The number of hydrogen-bond donors (Lipinski definition) is 2. The second-order valence-corrected chi connectivity index (χ2v) is 10.9. The molecule has 5 aromatic rings. The Balaban J connectivity index is 1.51. The normalized spacial score (nSPS) is 11.7. The highest BCUT2D eigenvalue weighted by Gasteiger charge is 2.22. The third-order valence-corrected chi connectivity index (χ3v) is 6.62. The molecule has 0 aliphatic carbocycles. The number of rotatable bonds is 9. The van der Waals surface area contributed by atoms with Crippen LogP contribution in [0.15, 0.2) is 70.4 Å². The van der Waals surface area contributed by atoms with Gasteiger partial charge in [-0.15, -0.1) is 10.2 Å². The van der Waals surface area contributed by atoms with Gasteiger partial charge in [-0.05, 0) is 52.2 Å². The van der Waals surface area contributed by atoms with Crippen LogP contribution in [0.4, 0.5) is 15.9 Å². The van der Waals surface area contributed by atoms with E-state index in [1.54, 1.807) is 36.4 Å². The van der Waals surface area contributed by atoms with Gasteiger partial charge in [-0.3, -0.25) is 9.59 Å². The topological polar surface area (TPSA) is 140 Å². The van der Waals surface area contributed by atoms with Gasteiger partial charge in [0.15, 0.2) is 5.82 Å². The Hall–Kier alpha value is -5.01. The first-order chi connectivity index (χ1) is 20.5. The van der Waals surface area contributed by atoms with E-state index < -0.39 is 29.1 Å². The molecule has 0 atom stereocenters. The van der Waals surface area contributed by atoms with Crippen molar-refractivity contribution in [3.8, 4) is 22.8 Å².